The molecule has 0 bridgehead atoms. The molecule has 18 heavy (non-hydrogen) atoms. The normalized spacial score (nSPS) is 19.1. The molecule has 0 aromatic rings. The molecule has 0 spiro atoms. The molecule has 1 rings (SSSR count). The Kier molecular flexibility index (Phi) is 4.20. The lowest BCUT2D eigenvalue weighted by Gasteiger charge is -2.41. The summed E-state index contributed by atoms with van der Waals surface area (Å²) in [7, 11) is -1.59. The van der Waals surface area contributed by atoms with Crippen LogP contribution in [0, 0.1) is 5.41 Å². The number of sulfone groups is 1. The van der Waals surface area contributed by atoms with Crippen LogP contribution in [0.3, 0.4) is 0 Å². The Morgan fingerprint density at radius 3 is 2.39 bits per heavy atom. The first kappa shape index (κ1) is 14.7. The zero-order valence-corrected chi connectivity index (χ0v) is 11.4. The molecule has 0 aromatic carbocycles. The number of nitrogens with two attached hydrogens (primary N) is 1. The molecule has 1 aliphatic carbocycles. The van der Waals surface area contributed by atoms with Gasteiger partial charge in [-0.1, -0.05) is 11.6 Å². The van der Waals surface area contributed by atoms with Crippen LogP contribution in [-0.2, 0) is 14.6 Å². The van der Waals surface area contributed by atoms with Crippen molar-refractivity contribution < 1.29 is 18.4 Å². The number of amides is 1. The molecule has 1 saturated carbocycles. The van der Waals surface area contributed by atoms with Crippen LogP contribution in [0.5, 0.6) is 0 Å². The molecule has 0 radical (unpaired) electrons. The molecule has 1 fully saturated rings. The van der Waals surface area contributed by atoms with Gasteiger partial charge >= 0.3 is 0 Å². The second kappa shape index (κ2) is 5.13. The van der Waals surface area contributed by atoms with Gasteiger partial charge in [0.15, 0.2) is 5.84 Å². The summed E-state index contributed by atoms with van der Waals surface area (Å²) in [4.78, 5) is 13.6. The van der Waals surface area contributed by atoms with Crippen LogP contribution >= 0.6 is 0 Å². The van der Waals surface area contributed by atoms with Crippen LogP contribution in [0.4, 0.5) is 0 Å². The topological polar surface area (TPSA) is 113 Å². The minimum absolute atomic E-state index is 0.0926. The maximum Gasteiger partial charge on any atom is 0.236 e. The Labute approximate surface area is 107 Å². The molecule has 0 aromatic heterocycles. The molecule has 8 heteroatoms. The first-order valence-corrected chi connectivity index (χ1v) is 7.70. The number of oxime groups is 1. The van der Waals surface area contributed by atoms with Crippen molar-refractivity contribution >= 4 is 21.6 Å². The Balaban J connectivity index is 2.74. The number of nitrogens with zero attached hydrogens (tertiary/aromatic N) is 2. The molecular formula is C10H19N3O4S. The fourth-order valence-electron chi connectivity index (χ4n) is 1.98. The van der Waals surface area contributed by atoms with Crippen molar-refractivity contribution in [1.29, 1.82) is 0 Å². The van der Waals surface area contributed by atoms with Crippen LogP contribution in [0.25, 0.3) is 0 Å². The van der Waals surface area contributed by atoms with E-state index >= 15 is 0 Å². The first-order valence-electron chi connectivity index (χ1n) is 5.64. The fourth-order valence-corrected chi connectivity index (χ4v) is 2.58. The summed E-state index contributed by atoms with van der Waals surface area (Å²) in [5.41, 5.74) is 4.62. The minimum Gasteiger partial charge on any atom is -0.409 e. The Morgan fingerprint density at radius 1 is 1.50 bits per heavy atom. The van der Waals surface area contributed by atoms with E-state index in [9.17, 15) is 13.2 Å². The highest BCUT2D eigenvalue weighted by Gasteiger charge is 2.49. The van der Waals surface area contributed by atoms with Crippen molar-refractivity contribution in [3.8, 4) is 0 Å². The summed E-state index contributed by atoms with van der Waals surface area (Å²) in [6, 6.07) is 0. The lowest BCUT2D eigenvalue weighted by Crippen LogP contribution is -2.54. The van der Waals surface area contributed by atoms with Crippen molar-refractivity contribution in [3.05, 3.63) is 0 Å². The van der Waals surface area contributed by atoms with E-state index in [1.807, 2.05) is 0 Å². The highest BCUT2D eigenvalue weighted by atomic mass is 32.2. The number of carbonyl (C=O) groups excluding carboxylic acids is 1. The van der Waals surface area contributed by atoms with E-state index in [4.69, 9.17) is 10.9 Å². The molecule has 3 N–H and O–H groups in total. The maximum atomic E-state index is 12.2. The Morgan fingerprint density at radius 2 is 2.06 bits per heavy atom. The van der Waals surface area contributed by atoms with E-state index in [1.165, 1.54) is 11.9 Å². The summed E-state index contributed by atoms with van der Waals surface area (Å²) in [6.45, 7) is 0.109. The monoisotopic (exact) mass is 277 g/mol. The van der Waals surface area contributed by atoms with Gasteiger partial charge in [-0.25, -0.2) is 8.42 Å². The fraction of sp³-hybridized carbons (Fsp3) is 0.800. The van der Waals surface area contributed by atoms with Gasteiger partial charge in [-0.2, -0.15) is 0 Å². The van der Waals surface area contributed by atoms with Gasteiger partial charge in [-0.05, 0) is 12.8 Å². The predicted molar refractivity (Wildman–Crippen MR) is 67.0 cm³/mol. The zero-order chi connectivity index (χ0) is 14.0. The quantitative estimate of drug-likeness (QED) is 0.302. The Bertz CT molecular complexity index is 454. The minimum atomic E-state index is -3.12. The highest BCUT2D eigenvalue weighted by molar-refractivity contribution is 7.90. The molecule has 7 nitrogen and oxygen atoms in total. The maximum absolute atomic E-state index is 12.2. The second-order valence-corrected chi connectivity index (χ2v) is 7.04. The Hall–Kier alpha value is -1.31. The highest BCUT2D eigenvalue weighted by Crippen LogP contribution is 2.42. The zero-order valence-electron chi connectivity index (χ0n) is 10.6. The molecule has 104 valence electrons. The van der Waals surface area contributed by atoms with E-state index in [0.29, 0.717) is 12.8 Å². The van der Waals surface area contributed by atoms with Gasteiger partial charge in [0.2, 0.25) is 5.91 Å². The summed E-state index contributed by atoms with van der Waals surface area (Å²) >= 11 is 0. The number of hydrogen-bond acceptors (Lipinski definition) is 5. The van der Waals surface area contributed by atoms with E-state index < -0.39 is 15.3 Å². The average Bonchev–Trinajstić information content (AvgIpc) is 2.22. The van der Waals surface area contributed by atoms with Gasteiger partial charge in [0.25, 0.3) is 0 Å². The van der Waals surface area contributed by atoms with Crippen LogP contribution in [0.2, 0.25) is 0 Å². The largest absolute Gasteiger partial charge is 0.409 e. The third-order valence-electron chi connectivity index (χ3n) is 3.36. The number of amidine groups is 1. The standard InChI is InChI=1S/C10H19N3O4S/c1-13(6-7-18(2,16)17)9(14)10(4-3-5-10)8(11)12-15/h15H,3-7H2,1-2H3,(H2,11,12). The van der Waals surface area contributed by atoms with Gasteiger partial charge in [0, 0.05) is 19.8 Å². The lowest BCUT2D eigenvalue weighted by atomic mass is 9.67. The smallest absolute Gasteiger partial charge is 0.236 e. The van der Waals surface area contributed by atoms with Crippen LogP contribution in [-0.4, -0.2) is 55.9 Å². The first-order chi connectivity index (χ1) is 8.23. The van der Waals surface area contributed by atoms with Gasteiger partial charge in [0.1, 0.15) is 15.3 Å². The van der Waals surface area contributed by atoms with Gasteiger partial charge in [-0.15, -0.1) is 0 Å². The molecule has 0 saturated heterocycles. The van der Waals surface area contributed by atoms with Crippen molar-refractivity contribution in [2.45, 2.75) is 19.3 Å². The van der Waals surface area contributed by atoms with Gasteiger partial charge in [-0.3, -0.25) is 4.79 Å². The van der Waals surface area contributed by atoms with Crippen LogP contribution in [0.15, 0.2) is 5.16 Å². The second-order valence-electron chi connectivity index (χ2n) is 4.78. The lowest BCUT2D eigenvalue weighted by molar-refractivity contribution is -0.140. The van der Waals surface area contributed by atoms with Crippen molar-refractivity contribution in [1.82, 2.24) is 4.90 Å². The third-order valence-corrected chi connectivity index (χ3v) is 4.28. The number of rotatable bonds is 5. The van der Waals surface area contributed by atoms with E-state index in [1.54, 1.807) is 0 Å². The summed E-state index contributed by atoms with van der Waals surface area (Å²) in [5, 5.41) is 11.6. The predicted octanol–water partition coefficient (Wildman–Crippen LogP) is -0.594. The summed E-state index contributed by atoms with van der Waals surface area (Å²) in [6.07, 6.45) is 3.02. The van der Waals surface area contributed by atoms with E-state index in [-0.39, 0.29) is 24.0 Å². The molecule has 0 heterocycles. The van der Waals surface area contributed by atoms with E-state index in [2.05, 4.69) is 5.16 Å². The van der Waals surface area contributed by atoms with Gasteiger partial charge in [0.05, 0.1) is 5.75 Å². The summed E-state index contributed by atoms with van der Waals surface area (Å²) in [5.74, 6) is -0.473. The summed E-state index contributed by atoms with van der Waals surface area (Å²) < 4.78 is 22.1. The molecule has 0 unspecified atom stereocenters. The molecule has 0 atom stereocenters. The molecular weight excluding hydrogens is 258 g/mol. The van der Waals surface area contributed by atoms with Gasteiger partial charge < -0.3 is 15.8 Å². The van der Waals surface area contributed by atoms with Crippen molar-refractivity contribution in [2.75, 3.05) is 25.6 Å². The van der Waals surface area contributed by atoms with Crippen LogP contribution < -0.4 is 5.73 Å². The number of carbonyl (C=O) groups is 1. The number of hydrogen-bond donors (Lipinski definition) is 2. The average molecular weight is 277 g/mol. The molecule has 1 aliphatic rings. The van der Waals surface area contributed by atoms with Crippen molar-refractivity contribution in [3.63, 3.8) is 0 Å². The third kappa shape index (κ3) is 2.92. The van der Waals surface area contributed by atoms with Crippen molar-refractivity contribution in [2.24, 2.45) is 16.3 Å². The molecule has 1 amide bonds. The molecule has 0 aliphatic heterocycles. The SMILES string of the molecule is CN(CCS(C)(=O)=O)C(=O)C1(C(N)=NO)CCC1. The van der Waals surface area contributed by atoms with E-state index in [0.717, 1.165) is 12.7 Å². The van der Waals surface area contributed by atoms with Crippen LogP contribution in [0.1, 0.15) is 19.3 Å².